The van der Waals surface area contributed by atoms with Crippen molar-refractivity contribution in [3.8, 4) is 0 Å². The van der Waals surface area contributed by atoms with Crippen molar-refractivity contribution in [3.63, 3.8) is 0 Å². The van der Waals surface area contributed by atoms with Crippen molar-refractivity contribution < 1.29 is 4.74 Å². The molecule has 0 amide bonds. The predicted molar refractivity (Wildman–Crippen MR) is 91.8 cm³/mol. The van der Waals surface area contributed by atoms with Crippen LogP contribution in [0.25, 0.3) is 10.9 Å². The van der Waals surface area contributed by atoms with E-state index in [2.05, 4.69) is 44.9 Å². The number of para-hydroxylation sites is 1. The van der Waals surface area contributed by atoms with Gasteiger partial charge in [0.1, 0.15) is 12.1 Å². The van der Waals surface area contributed by atoms with Crippen molar-refractivity contribution in [2.75, 3.05) is 37.7 Å². The largest absolute Gasteiger partial charge is 0.376 e. The fourth-order valence-electron chi connectivity index (χ4n) is 3.86. The average Bonchev–Trinajstić information content (AvgIpc) is 2.61. The molecule has 1 aromatic carbocycles. The zero-order valence-electron chi connectivity index (χ0n) is 13.7. The Morgan fingerprint density at radius 1 is 1.09 bits per heavy atom. The molecule has 122 valence electrons. The molecule has 0 bridgehead atoms. The highest BCUT2D eigenvalue weighted by Gasteiger charge is 2.28. The van der Waals surface area contributed by atoms with E-state index in [1.54, 1.807) is 6.33 Å². The minimum atomic E-state index is 0.368. The second kappa shape index (κ2) is 6.42. The van der Waals surface area contributed by atoms with Crippen LogP contribution in [0.2, 0.25) is 0 Å². The minimum Gasteiger partial charge on any atom is -0.376 e. The maximum absolute atomic E-state index is 5.67. The lowest BCUT2D eigenvalue weighted by Gasteiger charge is -2.42. The highest BCUT2D eigenvalue weighted by Crippen LogP contribution is 2.27. The quantitative estimate of drug-likeness (QED) is 0.851. The Balaban J connectivity index is 1.46. The molecule has 1 atom stereocenters. The third-order valence-electron chi connectivity index (χ3n) is 5.07. The molecule has 1 aromatic heterocycles. The van der Waals surface area contributed by atoms with Gasteiger partial charge in [0.25, 0.3) is 0 Å². The molecule has 0 saturated carbocycles. The Bertz CT molecular complexity index is 664. The van der Waals surface area contributed by atoms with Gasteiger partial charge in [0, 0.05) is 37.6 Å². The Hall–Kier alpha value is -1.72. The lowest BCUT2D eigenvalue weighted by atomic mass is 10.0. The van der Waals surface area contributed by atoms with E-state index in [0.29, 0.717) is 12.1 Å². The minimum absolute atomic E-state index is 0.368. The van der Waals surface area contributed by atoms with Crippen LogP contribution in [0, 0.1) is 0 Å². The van der Waals surface area contributed by atoms with Gasteiger partial charge in [-0.2, -0.15) is 0 Å². The first-order chi connectivity index (χ1) is 11.3. The van der Waals surface area contributed by atoms with Crippen molar-refractivity contribution in [3.05, 3.63) is 30.6 Å². The summed E-state index contributed by atoms with van der Waals surface area (Å²) in [4.78, 5) is 14.0. The van der Waals surface area contributed by atoms with Gasteiger partial charge in [0.05, 0.1) is 18.2 Å². The summed E-state index contributed by atoms with van der Waals surface area (Å²) in [6.45, 7) is 7.33. The topological polar surface area (TPSA) is 41.5 Å². The van der Waals surface area contributed by atoms with Gasteiger partial charge in [-0.25, -0.2) is 9.97 Å². The van der Waals surface area contributed by atoms with Crippen molar-refractivity contribution in [1.82, 2.24) is 14.9 Å². The number of ether oxygens (including phenoxy) is 1. The molecule has 2 aromatic rings. The van der Waals surface area contributed by atoms with Crippen molar-refractivity contribution in [2.24, 2.45) is 0 Å². The van der Waals surface area contributed by atoms with E-state index in [-0.39, 0.29) is 0 Å². The van der Waals surface area contributed by atoms with Gasteiger partial charge in [0.2, 0.25) is 0 Å². The third-order valence-corrected chi connectivity index (χ3v) is 5.07. The molecule has 2 saturated heterocycles. The molecular formula is C18H24N4O. The zero-order valence-corrected chi connectivity index (χ0v) is 13.7. The molecular weight excluding hydrogens is 288 g/mol. The zero-order chi connectivity index (χ0) is 15.6. The Morgan fingerprint density at radius 2 is 1.91 bits per heavy atom. The van der Waals surface area contributed by atoms with Gasteiger partial charge >= 0.3 is 0 Å². The second-order valence-electron chi connectivity index (χ2n) is 6.61. The summed E-state index contributed by atoms with van der Waals surface area (Å²) < 4.78 is 5.67. The van der Waals surface area contributed by atoms with Crippen molar-refractivity contribution in [1.29, 1.82) is 0 Å². The summed E-state index contributed by atoms with van der Waals surface area (Å²) in [5.41, 5.74) is 1.03. The molecule has 0 radical (unpaired) electrons. The fraction of sp³-hybridized carbons (Fsp3) is 0.556. The molecule has 5 heteroatoms. The summed E-state index contributed by atoms with van der Waals surface area (Å²) in [6.07, 6.45) is 4.45. The summed E-state index contributed by atoms with van der Waals surface area (Å²) in [5.74, 6) is 1.09. The maximum Gasteiger partial charge on any atom is 0.139 e. The number of hydrogen-bond donors (Lipinski definition) is 0. The van der Waals surface area contributed by atoms with E-state index in [1.165, 1.54) is 12.8 Å². The highest BCUT2D eigenvalue weighted by molar-refractivity contribution is 5.89. The van der Waals surface area contributed by atoms with Crippen LogP contribution in [0.5, 0.6) is 0 Å². The first-order valence-corrected chi connectivity index (χ1v) is 8.61. The first kappa shape index (κ1) is 14.8. The van der Waals surface area contributed by atoms with Gasteiger partial charge in [-0.1, -0.05) is 12.1 Å². The molecule has 4 rings (SSSR count). The average molecular weight is 312 g/mol. The number of rotatable bonds is 2. The normalized spacial score (nSPS) is 24.2. The van der Waals surface area contributed by atoms with E-state index in [4.69, 9.17) is 4.74 Å². The maximum atomic E-state index is 5.67. The highest BCUT2D eigenvalue weighted by atomic mass is 16.5. The van der Waals surface area contributed by atoms with Crippen LogP contribution in [-0.2, 0) is 4.74 Å². The number of fused-ring (bicyclic) bond motifs is 1. The summed E-state index contributed by atoms with van der Waals surface area (Å²) in [6, 6.07) is 8.97. The SMILES string of the molecule is CC1CN(C2CCN(c3ncnc4ccccc34)CC2)CCO1. The van der Waals surface area contributed by atoms with Crippen LogP contribution in [0.1, 0.15) is 19.8 Å². The summed E-state index contributed by atoms with van der Waals surface area (Å²) in [5, 5.41) is 1.16. The Labute approximate surface area is 137 Å². The van der Waals surface area contributed by atoms with E-state index in [1.807, 2.05) is 6.07 Å². The standard InChI is InChI=1S/C18H24N4O/c1-14-12-22(10-11-23-14)15-6-8-21(9-7-15)18-16-4-2-3-5-17(16)19-13-20-18/h2-5,13-15H,6-12H2,1H3. The molecule has 2 aliphatic heterocycles. The predicted octanol–water partition coefficient (Wildman–Crippen LogP) is 2.32. The first-order valence-electron chi connectivity index (χ1n) is 8.61. The van der Waals surface area contributed by atoms with Crippen LogP contribution in [0.3, 0.4) is 0 Å². The van der Waals surface area contributed by atoms with Crippen molar-refractivity contribution in [2.45, 2.75) is 31.9 Å². The van der Waals surface area contributed by atoms with E-state index >= 15 is 0 Å². The number of benzene rings is 1. The molecule has 2 fully saturated rings. The smallest absolute Gasteiger partial charge is 0.139 e. The Kier molecular flexibility index (Phi) is 4.14. The molecule has 5 nitrogen and oxygen atoms in total. The van der Waals surface area contributed by atoms with Gasteiger partial charge in [0.15, 0.2) is 0 Å². The van der Waals surface area contributed by atoms with E-state index in [0.717, 1.165) is 49.5 Å². The van der Waals surface area contributed by atoms with E-state index < -0.39 is 0 Å². The molecule has 1 unspecified atom stereocenters. The third kappa shape index (κ3) is 3.03. The number of nitrogens with zero attached hydrogens (tertiary/aromatic N) is 4. The summed E-state index contributed by atoms with van der Waals surface area (Å²) in [7, 11) is 0. The lowest BCUT2D eigenvalue weighted by molar-refractivity contribution is -0.0373. The van der Waals surface area contributed by atoms with Crippen LogP contribution in [-0.4, -0.2) is 59.8 Å². The summed E-state index contributed by atoms with van der Waals surface area (Å²) >= 11 is 0. The van der Waals surface area contributed by atoms with Crippen LogP contribution in [0.15, 0.2) is 30.6 Å². The molecule has 23 heavy (non-hydrogen) atoms. The van der Waals surface area contributed by atoms with Crippen LogP contribution < -0.4 is 4.90 Å². The number of piperidine rings is 1. The number of morpholine rings is 1. The van der Waals surface area contributed by atoms with Crippen LogP contribution in [0.4, 0.5) is 5.82 Å². The molecule has 0 N–H and O–H groups in total. The monoisotopic (exact) mass is 312 g/mol. The number of aromatic nitrogens is 2. The van der Waals surface area contributed by atoms with E-state index in [9.17, 15) is 0 Å². The molecule has 3 heterocycles. The second-order valence-corrected chi connectivity index (χ2v) is 6.61. The molecule has 2 aliphatic rings. The van der Waals surface area contributed by atoms with Crippen molar-refractivity contribution >= 4 is 16.7 Å². The number of anilines is 1. The van der Waals surface area contributed by atoms with Gasteiger partial charge in [-0.3, -0.25) is 4.90 Å². The van der Waals surface area contributed by atoms with Gasteiger partial charge in [-0.05, 0) is 31.9 Å². The van der Waals surface area contributed by atoms with Gasteiger partial charge < -0.3 is 9.64 Å². The van der Waals surface area contributed by atoms with Crippen LogP contribution >= 0.6 is 0 Å². The molecule has 0 aliphatic carbocycles. The number of hydrogen-bond acceptors (Lipinski definition) is 5. The fourth-order valence-corrected chi connectivity index (χ4v) is 3.86. The lowest BCUT2D eigenvalue weighted by Crippen LogP contribution is -2.51. The van der Waals surface area contributed by atoms with Gasteiger partial charge in [-0.15, -0.1) is 0 Å². The molecule has 0 spiro atoms. The Morgan fingerprint density at radius 3 is 2.74 bits per heavy atom.